The summed E-state index contributed by atoms with van der Waals surface area (Å²) in [5, 5.41) is 9.76. The van der Waals surface area contributed by atoms with Gasteiger partial charge in [0.2, 0.25) is 0 Å². The maximum absolute atomic E-state index is 13.6. The normalized spacial score (nSPS) is 16.1. The Balaban J connectivity index is 1.37. The van der Waals surface area contributed by atoms with Crippen molar-refractivity contribution < 1.29 is 14.0 Å². The quantitative estimate of drug-likeness (QED) is 0.329. The lowest BCUT2D eigenvalue weighted by atomic mass is 10.1. The van der Waals surface area contributed by atoms with E-state index in [-0.39, 0.29) is 24.2 Å². The van der Waals surface area contributed by atoms with Gasteiger partial charge in [0.1, 0.15) is 11.6 Å². The summed E-state index contributed by atoms with van der Waals surface area (Å²) in [6.07, 6.45) is 2.09. The highest BCUT2D eigenvalue weighted by atomic mass is 19.1. The largest absolute Gasteiger partial charge is 0.371 e. The van der Waals surface area contributed by atoms with Crippen LogP contribution in [-0.2, 0) is 6.54 Å². The third kappa shape index (κ3) is 5.27. The number of anilines is 1. The molecule has 0 aliphatic carbocycles. The van der Waals surface area contributed by atoms with Gasteiger partial charge in [-0.1, -0.05) is 55.2 Å². The van der Waals surface area contributed by atoms with Crippen molar-refractivity contribution >= 4 is 23.7 Å². The average Bonchev–Trinajstić information content (AvgIpc) is 3.17. The van der Waals surface area contributed by atoms with Crippen molar-refractivity contribution in [3.63, 3.8) is 0 Å². The second-order valence-electron chi connectivity index (χ2n) is 8.84. The molecule has 3 N–H and O–H groups in total. The predicted octanol–water partition coefficient (Wildman–Crippen LogP) is 4.25. The van der Waals surface area contributed by atoms with E-state index in [2.05, 4.69) is 39.7 Å². The molecule has 7 nitrogen and oxygen atoms in total. The fraction of sp³-hybridized carbons (Fsp3) is 0.167. The lowest BCUT2D eigenvalue weighted by molar-refractivity contribution is 0.0642. The number of nitrogens with one attached hydrogen (secondary N) is 3. The molecule has 2 aliphatic heterocycles. The first kappa shape index (κ1) is 24.8. The Bertz CT molecular complexity index is 1480. The Hall–Kier alpha value is -4.90. The minimum absolute atomic E-state index is 0.128. The molecule has 0 fully saturated rings. The number of benzene rings is 3. The van der Waals surface area contributed by atoms with Gasteiger partial charge in [0.15, 0.2) is 6.29 Å². The molecule has 0 bridgehead atoms. The van der Waals surface area contributed by atoms with Crippen LogP contribution < -0.4 is 16.0 Å². The van der Waals surface area contributed by atoms with Crippen LogP contribution in [0.5, 0.6) is 0 Å². The lowest BCUT2D eigenvalue weighted by Gasteiger charge is -2.25. The molecule has 1 unspecified atom stereocenters. The number of allylic oxidation sites excluding steroid dienone is 1. The van der Waals surface area contributed by atoms with Crippen LogP contribution in [0.4, 0.5) is 10.1 Å². The molecule has 2 aliphatic rings. The topological polar surface area (TPSA) is 85.8 Å². The zero-order valence-electron chi connectivity index (χ0n) is 20.8. The number of halogens is 1. The zero-order chi connectivity index (χ0) is 26.5. The molecular formula is C30H26FN5O2. The molecule has 0 saturated carbocycles. The van der Waals surface area contributed by atoms with E-state index in [1.807, 2.05) is 24.3 Å². The fourth-order valence-corrected chi connectivity index (χ4v) is 4.23. The molecule has 5 rings (SSSR count). The highest BCUT2D eigenvalue weighted by Gasteiger charge is 2.35. The first-order chi connectivity index (χ1) is 18.5. The third-order valence-electron chi connectivity index (χ3n) is 6.14. The van der Waals surface area contributed by atoms with Crippen molar-refractivity contribution in [2.24, 2.45) is 4.99 Å². The van der Waals surface area contributed by atoms with Gasteiger partial charge in [-0.3, -0.25) is 14.5 Å². The van der Waals surface area contributed by atoms with E-state index in [0.29, 0.717) is 33.8 Å². The van der Waals surface area contributed by atoms with Crippen molar-refractivity contribution in [1.82, 2.24) is 15.5 Å². The second-order valence-corrected chi connectivity index (χ2v) is 8.84. The summed E-state index contributed by atoms with van der Waals surface area (Å²) in [7, 11) is 0. The van der Waals surface area contributed by atoms with Crippen molar-refractivity contribution in [2.45, 2.75) is 26.2 Å². The Morgan fingerprint density at radius 3 is 2.45 bits per heavy atom. The predicted molar refractivity (Wildman–Crippen MR) is 145 cm³/mol. The number of fused-ring (bicyclic) bond motifs is 1. The number of imide groups is 1. The summed E-state index contributed by atoms with van der Waals surface area (Å²) in [4.78, 5) is 31.4. The van der Waals surface area contributed by atoms with Crippen LogP contribution in [0.3, 0.4) is 0 Å². The van der Waals surface area contributed by atoms with Crippen LogP contribution in [0.1, 0.15) is 45.2 Å². The summed E-state index contributed by atoms with van der Waals surface area (Å²) in [5.41, 5.74) is 3.58. The lowest BCUT2D eigenvalue weighted by Crippen LogP contribution is -2.42. The zero-order valence-corrected chi connectivity index (χ0v) is 20.8. The smallest absolute Gasteiger partial charge is 0.261 e. The van der Waals surface area contributed by atoms with Crippen LogP contribution >= 0.6 is 0 Å². The number of aliphatic imine (C=N–C) groups is 1. The van der Waals surface area contributed by atoms with Crippen LogP contribution in [0.2, 0.25) is 0 Å². The summed E-state index contributed by atoms with van der Waals surface area (Å²) in [6.45, 7) is 2.92. The minimum atomic E-state index is -0.497. The highest BCUT2D eigenvalue weighted by Crippen LogP contribution is 2.25. The van der Waals surface area contributed by atoms with Crippen LogP contribution in [0.15, 0.2) is 89.2 Å². The maximum Gasteiger partial charge on any atom is 0.261 e. The molecule has 38 heavy (non-hydrogen) atoms. The SMILES string of the molecule is CCCNC1=C(C#Cc2ccccc2CN2C(=O)c3ccccc3C2=O)C=NC(Nc2cccc(F)c2)N1. The second kappa shape index (κ2) is 11.0. The van der Waals surface area contributed by atoms with Crippen molar-refractivity contribution in [1.29, 1.82) is 0 Å². The summed E-state index contributed by atoms with van der Waals surface area (Å²) in [5.74, 6) is 6.13. The van der Waals surface area contributed by atoms with Crippen molar-refractivity contribution in [3.8, 4) is 11.8 Å². The van der Waals surface area contributed by atoms with Gasteiger partial charge < -0.3 is 16.0 Å². The van der Waals surface area contributed by atoms with E-state index in [9.17, 15) is 14.0 Å². The van der Waals surface area contributed by atoms with E-state index < -0.39 is 6.29 Å². The van der Waals surface area contributed by atoms with Gasteiger partial charge >= 0.3 is 0 Å². The number of amides is 2. The van der Waals surface area contributed by atoms with Crippen molar-refractivity contribution in [3.05, 3.63) is 112 Å². The molecule has 3 aromatic carbocycles. The molecule has 8 heteroatoms. The van der Waals surface area contributed by atoms with Gasteiger partial charge in [-0.15, -0.1) is 0 Å². The summed E-state index contributed by atoms with van der Waals surface area (Å²) < 4.78 is 13.6. The van der Waals surface area contributed by atoms with Gasteiger partial charge in [-0.2, -0.15) is 0 Å². The number of carbonyl (C=O) groups is 2. The standard InChI is InChI=1S/C30H26FN5O2/c1-2-16-32-27-21(18-33-30(35-27)34-24-11-7-10-23(31)17-24)15-14-20-8-3-4-9-22(20)19-36-28(37)25-12-5-6-13-26(25)29(36)38/h3-13,17-18,30,32,34-35H,2,16,19H2,1H3. The number of hydrogen-bond acceptors (Lipinski definition) is 6. The fourth-order valence-electron chi connectivity index (χ4n) is 4.23. The van der Waals surface area contributed by atoms with E-state index >= 15 is 0 Å². The number of hydrogen-bond donors (Lipinski definition) is 3. The molecule has 0 radical (unpaired) electrons. The summed E-state index contributed by atoms with van der Waals surface area (Å²) >= 11 is 0. The molecule has 0 saturated heterocycles. The van der Waals surface area contributed by atoms with Gasteiger partial charge in [0, 0.05) is 24.0 Å². The molecule has 0 aromatic heterocycles. The third-order valence-corrected chi connectivity index (χ3v) is 6.14. The summed E-state index contributed by atoms with van der Waals surface area (Å²) in [6, 6.07) is 20.5. The van der Waals surface area contributed by atoms with Crippen molar-refractivity contribution in [2.75, 3.05) is 11.9 Å². The molecule has 0 spiro atoms. The Morgan fingerprint density at radius 2 is 1.71 bits per heavy atom. The Kier molecular flexibility index (Phi) is 7.18. The first-order valence-corrected chi connectivity index (χ1v) is 12.4. The van der Waals surface area contributed by atoms with E-state index in [4.69, 9.17) is 0 Å². The minimum Gasteiger partial charge on any atom is -0.371 e. The Morgan fingerprint density at radius 1 is 0.974 bits per heavy atom. The van der Waals surface area contributed by atoms with Crippen LogP contribution in [-0.4, -0.2) is 35.8 Å². The maximum atomic E-state index is 13.6. The van der Waals surface area contributed by atoms with E-state index in [1.165, 1.54) is 17.0 Å². The van der Waals surface area contributed by atoms with E-state index in [1.54, 1.807) is 42.6 Å². The van der Waals surface area contributed by atoms with Gasteiger partial charge in [0.05, 0.1) is 23.2 Å². The monoisotopic (exact) mass is 507 g/mol. The molecule has 2 amide bonds. The molecule has 2 heterocycles. The van der Waals surface area contributed by atoms with Gasteiger partial charge in [0.25, 0.3) is 11.8 Å². The molecule has 190 valence electrons. The highest BCUT2D eigenvalue weighted by molar-refractivity contribution is 6.21. The average molecular weight is 508 g/mol. The van der Waals surface area contributed by atoms with E-state index in [0.717, 1.165) is 18.5 Å². The number of carbonyl (C=O) groups excluding carboxylic acids is 2. The van der Waals surface area contributed by atoms with Gasteiger partial charge in [-0.25, -0.2) is 9.38 Å². The number of nitrogens with zero attached hydrogens (tertiary/aromatic N) is 2. The Labute approximate surface area is 220 Å². The first-order valence-electron chi connectivity index (χ1n) is 12.4. The molecule has 3 aromatic rings. The number of rotatable bonds is 7. The van der Waals surface area contributed by atoms with Crippen LogP contribution in [0, 0.1) is 17.7 Å². The molecule has 1 atom stereocenters. The van der Waals surface area contributed by atoms with Crippen LogP contribution in [0.25, 0.3) is 0 Å². The molecular weight excluding hydrogens is 481 g/mol. The van der Waals surface area contributed by atoms with Gasteiger partial charge in [-0.05, 0) is 48.4 Å².